The van der Waals surface area contributed by atoms with Crippen molar-refractivity contribution in [1.82, 2.24) is 5.32 Å². The van der Waals surface area contributed by atoms with Crippen LogP contribution < -0.4 is 10.1 Å². The zero-order chi connectivity index (χ0) is 36.0. The highest BCUT2D eigenvalue weighted by atomic mass is 35.5. The van der Waals surface area contributed by atoms with E-state index in [1.165, 1.54) is 0 Å². The van der Waals surface area contributed by atoms with Crippen molar-refractivity contribution in [3.8, 4) is 5.75 Å². The van der Waals surface area contributed by atoms with Crippen molar-refractivity contribution in [2.24, 2.45) is 0 Å². The first kappa shape index (κ1) is 35.8. The molecule has 2 aliphatic heterocycles. The van der Waals surface area contributed by atoms with E-state index in [-0.39, 0.29) is 19.8 Å². The topological polar surface area (TPSA) is 95.5 Å². The molecule has 0 saturated carbocycles. The number of aliphatic hydroxyl groups is 1. The molecule has 0 radical (unpaired) electrons. The van der Waals surface area contributed by atoms with Gasteiger partial charge in [-0.25, -0.2) is 0 Å². The smallest absolute Gasteiger partial charge is 0.260 e. The van der Waals surface area contributed by atoms with Crippen molar-refractivity contribution in [3.63, 3.8) is 0 Å². The van der Waals surface area contributed by atoms with E-state index in [1.54, 1.807) is 6.07 Å². The predicted octanol–water partition coefficient (Wildman–Crippen LogP) is 7.13. The van der Waals surface area contributed by atoms with Gasteiger partial charge in [-0.2, -0.15) is 0 Å². The molecule has 9 heteroatoms. The number of ether oxygens (including phenoxy) is 5. The molecule has 2 aliphatic rings. The number of aliphatic hydroxyl groups excluding tert-OH is 1. The Kier molecular flexibility index (Phi) is 11.0. The summed E-state index contributed by atoms with van der Waals surface area (Å²) in [7, 11) is 0. The highest BCUT2D eigenvalue weighted by Crippen LogP contribution is 2.50. The molecule has 8 nitrogen and oxygen atoms in total. The minimum atomic E-state index is -1.81. The molecule has 5 aromatic carbocycles. The summed E-state index contributed by atoms with van der Waals surface area (Å²) in [6, 6.07) is 42.7. The maximum atomic E-state index is 14.4. The van der Waals surface area contributed by atoms with E-state index in [4.69, 9.17) is 35.3 Å². The molecule has 1 amide bonds. The first-order valence-corrected chi connectivity index (χ1v) is 17.9. The molecule has 52 heavy (non-hydrogen) atoms. The Morgan fingerprint density at radius 3 is 1.83 bits per heavy atom. The number of hydrogen-bond acceptors (Lipinski definition) is 7. The van der Waals surface area contributed by atoms with Crippen LogP contribution in [0, 0.1) is 0 Å². The van der Waals surface area contributed by atoms with Crippen LogP contribution >= 0.6 is 11.6 Å². The second-order valence-electron chi connectivity index (χ2n) is 13.1. The monoisotopic (exact) mass is 719 g/mol. The molecule has 7 rings (SSSR count). The van der Waals surface area contributed by atoms with Gasteiger partial charge in [-0.15, -0.1) is 0 Å². The van der Waals surface area contributed by atoms with Crippen LogP contribution in [0.2, 0.25) is 5.02 Å². The van der Waals surface area contributed by atoms with Crippen LogP contribution in [-0.2, 0) is 55.7 Å². The molecular formula is C43H42ClNO7. The number of rotatable bonds is 15. The minimum absolute atomic E-state index is 0.153. The molecule has 0 aromatic heterocycles. The third-order valence-corrected chi connectivity index (χ3v) is 10.0. The van der Waals surface area contributed by atoms with Gasteiger partial charge in [-0.1, -0.05) is 121 Å². The summed E-state index contributed by atoms with van der Waals surface area (Å²) in [6.07, 6.45) is -2.34. The van der Waals surface area contributed by atoms with Crippen molar-refractivity contribution in [1.29, 1.82) is 0 Å². The maximum Gasteiger partial charge on any atom is 0.260 e. The summed E-state index contributed by atoms with van der Waals surface area (Å²) in [6.45, 7) is 2.44. The number of amides is 1. The molecule has 2 saturated heterocycles. The second kappa shape index (κ2) is 16.0. The lowest BCUT2D eigenvalue weighted by Gasteiger charge is -2.50. The molecule has 2 fully saturated rings. The number of nitrogens with one attached hydrogen (secondary N) is 1. The zero-order valence-electron chi connectivity index (χ0n) is 29.0. The van der Waals surface area contributed by atoms with Gasteiger partial charge in [0.25, 0.3) is 5.91 Å². The van der Waals surface area contributed by atoms with Gasteiger partial charge in [-0.3, -0.25) is 4.79 Å². The van der Waals surface area contributed by atoms with Crippen LogP contribution in [0.3, 0.4) is 0 Å². The Morgan fingerprint density at radius 1 is 0.712 bits per heavy atom. The first-order valence-electron chi connectivity index (χ1n) is 17.5. The SMILES string of the molecule is CCOc1ccc(Cc2cc([C@]34NC(=O)[C@](CO)(O3)[C@@H](OCc3ccccc3)[C@H](OCc3ccccc3)[C@H]4OCc3ccccc3)ccc2Cl)cc1. The molecule has 2 bridgehead atoms. The summed E-state index contributed by atoms with van der Waals surface area (Å²) in [5, 5.41) is 14.8. The molecule has 0 aliphatic carbocycles. The van der Waals surface area contributed by atoms with Crippen molar-refractivity contribution >= 4 is 17.5 Å². The fourth-order valence-electron chi connectivity index (χ4n) is 7.03. The average molecular weight is 720 g/mol. The van der Waals surface area contributed by atoms with E-state index in [0.29, 0.717) is 23.6 Å². The van der Waals surface area contributed by atoms with Crippen LogP contribution in [0.4, 0.5) is 0 Å². The van der Waals surface area contributed by atoms with Gasteiger partial charge in [0.05, 0.1) is 33.0 Å². The second-order valence-corrected chi connectivity index (χ2v) is 13.5. The lowest BCUT2D eigenvalue weighted by molar-refractivity contribution is -0.319. The Bertz CT molecular complexity index is 1930. The van der Waals surface area contributed by atoms with Crippen LogP contribution in [0.25, 0.3) is 0 Å². The predicted molar refractivity (Wildman–Crippen MR) is 198 cm³/mol. The number of fused-ring (bicyclic) bond motifs is 2. The summed E-state index contributed by atoms with van der Waals surface area (Å²) in [4.78, 5) is 14.4. The van der Waals surface area contributed by atoms with Crippen LogP contribution in [-0.4, -0.2) is 48.1 Å². The van der Waals surface area contributed by atoms with E-state index in [2.05, 4.69) is 5.32 Å². The lowest BCUT2D eigenvalue weighted by Crippen LogP contribution is -2.68. The number of halogens is 1. The zero-order valence-corrected chi connectivity index (χ0v) is 29.7. The summed E-state index contributed by atoms with van der Waals surface area (Å²) in [5.74, 6) is 0.272. The third-order valence-electron chi connectivity index (χ3n) is 9.65. The molecule has 2 heterocycles. The van der Waals surface area contributed by atoms with E-state index in [0.717, 1.165) is 33.6 Å². The summed E-state index contributed by atoms with van der Waals surface area (Å²) < 4.78 is 32.7. The first-order chi connectivity index (χ1) is 25.4. The molecular weight excluding hydrogens is 678 g/mol. The Hall–Kier alpha value is -4.54. The Balaban J connectivity index is 1.31. The van der Waals surface area contributed by atoms with Crippen molar-refractivity contribution in [2.75, 3.05) is 13.2 Å². The standard InChI is InChI=1S/C43H42ClNO7/c1-2-48-36-21-18-30(19-22-36)24-34-25-35(20-23-37(34)44)43-40(51-28-33-16-10-5-11-17-33)38(49-26-31-12-6-3-7-13-31)39(42(29-46,52-43)41(47)45-43)50-27-32-14-8-4-9-15-32/h3-23,25,38-40,46H,2,24,26-29H2,1H3,(H,45,47)/t38-,39-,40+,42+,43-/m0/s1. The van der Waals surface area contributed by atoms with Crippen molar-refractivity contribution in [2.45, 2.75) is 62.8 Å². The van der Waals surface area contributed by atoms with Gasteiger partial charge in [0.15, 0.2) is 5.72 Å². The van der Waals surface area contributed by atoms with Crippen molar-refractivity contribution < 1.29 is 33.6 Å². The van der Waals surface area contributed by atoms with Crippen LogP contribution in [0.5, 0.6) is 5.75 Å². The van der Waals surface area contributed by atoms with E-state index < -0.39 is 42.2 Å². The van der Waals surface area contributed by atoms with Gasteiger partial charge >= 0.3 is 0 Å². The molecule has 268 valence electrons. The summed E-state index contributed by atoms with van der Waals surface area (Å²) in [5.41, 5.74) is 1.83. The molecule has 5 aromatic rings. The van der Waals surface area contributed by atoms with E-state index >= 15 is 0 Å². The lowest BCUT2D eigenvalue weighted by atomic mass is 9.82. The fraction of sp³-hybridized carbons (Fsp3) is 0.279. The normalized spacial score (nSPS) is 23.7. The largest absolute Gasteiger partial charge is 0.494 e. The quantitative estimate of drug-likeness (QED) is 0.119. The number of hydrogen-bond donors (Lipinski definition) is 2. The van der Waals surface area contributed by atoms with E-state index in [9.17, 15) is 9.90 Å². The van der Waals surface area contributed by atoms with Gasteiger partial charge in [0, 0.05) is 10.6 Å². The number of benzene rings is 5. The van der Waals surface area contributed by atoms with Gasteiger partial charge < -0.3 is 34.1 Å². The van der Waals surface area contributed by atoms with Gasteiger partial charge in [-0.05, 0) is 65.4 Å². The number of carbonyl (C=O) groups is 1. The molecule has 5 atom stereocenters. The minimum Gasteiger partial charge on any atom is -0.494 e. The van der Waals surface area contributed by atoms with Crippen LogP contribution in [0.15, 0.2) is 133 Å². The molecule has 0 unspecified atom stereocenters. The third kappa shape index (κ3) is 7.36. The van der Waals surface area contributed by atoms with Crippen LogP contribution in [0.1, 0.15) is 40.3 Å². The maximum absolute atomic E-state index is 14.4. The molecule has 0 spiro atoms. The Labute approximate surface area is 309 Å². The van der Waals surface area contributed by atoms with Gasteiger partial charge in [0.2, 0.25) is 5.60 Å². The highest BCUT2D eigenvalue weighted by molar-refractivity contribution is 6.31. The molecule has 2 N–H and O–H groups in total. The average Bonchev–Trinajstić information content (AvgIpc) is 3.46. The van der Waals surface area contributed by atoms with E-state index in [1.807, 2.05) is 134 Å². The summed E-state index contributed by atoms with van der Waals surface area (Å²) >= 11 is 6.83. The fourth-order valence-corrected chi connectivity index (χ4v) is 7.21. The Morgan fingerprint density at radius 2 is 1.27 bits per heavy atom. The van der Waals surface area contributed by atoms with Crippen molar-refractivity contribution in [3.05, 3.63) is 172 Å². The number of carbonyl (C=O) groups excluding carboxylic acids is 1. The van der Waals surface area contributed by atoms with Gasteiger partial charge in [0.1, 0.15) is 24.1 Å². The highest BCUT2D eigenvalue weighted by Gasteiger charge is 2.72.